The molecule has 0 fully saturated rings. The van der Waals surface area contributed by atoms with Gasteiger partial charge in [0.05, 0.1) is 0 Å². The molecule has 5 heteroatoms. The summed E-state index contributed by atoms with van der Waals surface area (Å²) in [4.78, 5) is 12.0. The Hall–Kier alpha value is -0.770. The molecule has 0 aliphatic carbocycles. The fourth-order valence-electron chi connectivity index (χ4n) is 1.96. The maximum atomic E-state index is 12.0. The first-order valence-electron chi connectivity index (χ1n) is 6.42. The van der Waals surface area contributed by atoms with Gasteiger partial charge in [0, 0.05) is 28.8 Å². The number of carbonyl (C=O) groups is 1. The Morgan fingerprint density at radius 1 is 1.26 bits per heavy atom. The Bertz CT molecular complexity index is 398. The van der Waals surface area contributed by atoms with Crippen molar-refractivity contribution in [1.29, 1.82) is 0 Å². The van der Waals surface area contributed by atoms with Crippen LogP contribution in [0.2, 0.25) is 10.0 Å². The molecule has 0 spiro atoms. The second-order valence-electron chi connectivity index (χ2n) is 4.54. The van der Waals surface area contributed by atoms with Crippen molar-refractivity contribution in [2.24, 2.45) is 5.92 Å². The molecule has 1 aromatic rings. The van der Waals surface area contributed by atoms with Crippen LogP contribution in [0, 0.1) is 5.92 Å². The third-order valence-electron chi connectivity index (χ3n) is 2.91. The van der Waals surface area contributed by atoms with Crippen molar-refractivity contribution >= 4 is 29.1 Å². The van der Waals surface area contributed by atoms with Crippen molar-refractivity contribution in [3.63, 3.8) is 0 Å². The highest BCUT2D eigenvalue weighted by molar-refractivity contribution is 6.35. The summed E-state index contributed by atoms with van der Waals surface area (Å²) in [5, 5.41) is 12.7. The first-order valence-corrected chi connectivity index (χ1v) is 7.17. The van der Waals surface area contributed by atoms with E-state index in [0.29, 0.717) is 34.5 Å². The van der Waals surface area contributed by atoms with Crippen molar-refractivity contribution in [3.05, 3.63) is 33.8 Å². The molecular weight excluding hydrogens is 285 g/mol. The normalized spacial score (nSPS) is 12.2. The Kier molecular flexibility index (Phi) is 7.21. The third-order valence-corrected chi connectivity index (χ3v) is 3.35. The van der Waals surface area contributed by atoms with E-state index in [0.717, 1.165) is 12.8 Å². The van der Waals surface area contributed by atoms with Gasteiger partial charge in [-0.1, -0.05) is 36.5 Å². The van der Waals surface area contributed by atoms with Gasteiger partial charge in [-0.2, -0.15) is 0 Å². The number of aliphatic hydroxyl groups is 1. The molecule has 0 heterocycles. The summed E-state index contributed by atoms with van der Waals surface area (Å²) in [7, 11) is 0. The smallest absolute Gasteiger partial charge is 0.251 e. The maximum absolute atomic E-state index is 12.0. The molecular formula is C14H19Cl2NO2. The topological polar surface area (TPSA) is 49.3 Å². The molecule has 1 atom stereocenters. The average molecular weight is 304 g/mol. The van der Waals surface area contributed by atoms with E-state index in [1.165, 1.54) is 0 Å². The van der Waals surface area contributed by atoms with E-state index in [4.69, 9.17) is 28.3 Å². The van der Waals surface area contributed by atoms with E-state index in [2.05, 4.69) is 12.2 Å². The Labute approximate surface area is 123 Å². The van der Waals surface area contributed by atoms with E-state index in [1.54, 1.807) is 18.2 Å². The zero-order valence-electron chi connectivity index (χ0n) is 11.0. The lowest BCUT2D eigenvalue weighted by molar-refractivity contribution is 0.0943. The minimum absolute atomic E-state index is 0.142. The van der Waals surface area contributed by atoms with Crippen molar-refractivity contribution in [2.75, 3.05) is 13.2 Å². The van der Waals surface area contributed by atoms with E-state index in [9.17, 15) is 4.79 Å². The highest BCUT2D eigenvalue weighted by Crippen LogP contribution is 2.19. The zero-order chi connectivity index (χ0) is 14.3. The Balaban J connectivity index is 2.58. The number of hydrogen-bond donors (Lipinski definition) is 2. The lowest BCUT2D eigenvalue weighted by atomic mass is 10.00. The van der Waals surface area contributed by atoms with Gasteiger partial charge in [-0.15, -0.1) is 0 Å². The van der Waals surface area contributed by atoms with E-state index >= 15 is 0 Å². The van der Waals surface area contributed by atoms with Crippen molar-refractivity contribution < 1.29 is 9.90 Å². The van der Waals surface area contributed by atoms with Crippen LogP contribution < -0.4 is 5.32 Å². The SMILES string of the molecule is CCCC(CCO)CNC(=O)c1cc(Cl)cc(Cl)c1. The lowest BCUT2D eigenvalue weighted by Gasteiger charge is -2.15. The summed E-state index contributed by atoms with van der Waals surface area (Å²) in [6, 6.07) is 4.76. The minimum Gasteiger partial charge on any atom is -0.396 e. The summed E-state index contributed by atoms with van der Waals surface area (Å²) in [5.41, 5.74) is 0.455. The van der Waals surface area contributed by atoms with Gasteiger partial charge in [0.2, 0.25) is 0 Å². The van der Waals surface area contributed by atoms with Crippen LogP contribution in [0.5, 0.6) is 0 Å². The second-order valence-corrected chi connectivity index (χ2v) is 5.41. The van der Waals surface area contributed by atoms with Crippen molar-refractivity contribution in [2.45, 2.75) is 26.2 Å². The van der Waals surface area contributed by atoms with Crippen LogP contribution in [-0.2, 0) is 0 Å². The number of halogens is 2. The first-order chi connectivity index (χ1) is 9.06. The van der Waals surface area contributed by atoms with Crippen molar-refractivity contribution in [1.82, 2.24) is 5.32 Å². The van der Waals surface area contributed by atoms with Crippen LogP contribution in [-0.4, -0.2) is 24.2 Å². The fourth-order valence-corrected chi connectivity index (χ4v) is 2.49. The summed E-state index contributed by atoms with van der Waals surface area (Å²) in [5.74, 6) is 0.108. The third kappa shape index (κ3) is 5.81. The predicted octanol–water partition coefficient (Wildman–Crippen LogP) is 3.52. The van der Waals surface area contributed by atoms with Gasteiger partial charge in [0.15, 0.2) is 0 Å². The van der Waals surface area contributed by atoms with Gasteiger partial charge < -0.3 is 10.4 Å². The molecule has 1 rings (SSSR count). The largest absolute Gasteiger partial charge is 0.396 e. The number of hydrogen-bond acceptors (Lipinski definition) is 2. The second kappa shape index (κ2) is 8.41. The van der Waals surface area contributed by atoms with Gasteiger partial charge in [0.1, 0.15) is 0 Å². The minimum atomic E-state index is -0.191. The number of rotatable bonds is 7. The molecule has 2 N–H and O–H groups in total. The average Bonchev–Trinajstić information content (AvgIpc) is 2.35. The Morgan fingerprint density at radius 2 is 1.89 bits per heavy atom. The summed E-state index contributed by atoms with van der Waals surface area (Å²) in [6.07, 6.45) is 2.71. The van der Waals surface area contributed by atoms with E-state index < -0.39 is 0 Å². The number of nitrogens with one attached hydrogen (secondary N) is 1. The maximum Gasteiger partial charge on any atom is 0.251 e. The van der Waals surface area contributed by atoms with Crippen LogP contribution in [0.4, 0.5) is 0 Å². The standard InChI is InChI=1S/C14H19Cl2NO2/c1-2-3-10(4-5-18)9-17-14(19)11-6-12(15)8-13(16)7-11/h6-8,10,18H,2-5,9H2,1H3,(H,17,19). The molecule has 1 unspecified atom stereocenters. The van der Waals surface area contributed by atoms with Crippen molar-refractivity contribution in [3.8, 4) is 0 Å². The molecule has 106 valence electrons. The summed E-state index contributed by atoms with van der Waals surface area (Å²) in [6.45, 7) is 2.78. The molecule has 1 amide bonds. The summed E-state index contributed by atoms with van der Waals surface area (Å²) >= 11 is 11.7. The highest BCUT2D eigenvalue weighted by Gasteiger charge is 2.11. The lowest BCUT2D eigenvalue weighted by Crippen LogP contribution is -2.29. The fraction of sp³-hybridized carbons (Fsp3) is 0.500. The number of aliphatic hydroxyl groups excluding tert-OH is 1. The van der Waals surface area contributed by atoms with Gasteiger partial charge in [-0.25, -0.2) is 0 Å². The van der Waals surface area contributed by atoms with Crippen LogP contribution in [0.3, 0.4) is 0 Å². The first kappa shape index (κ1) is 16.3. The molecule has 1 aromatic carbocycles. The number of benzene rings is 1. The zero-order valence-corrected chi connectivity index (χ0v) is 12.5. The highest BCUT2D eigenvalue weighted by atomic mass is 35.5. The Morgan fingerprint density at radius 3 is 2.42 bits per heavy atom. The monoisotopic (exact) mass is 303 g/mol. The van der Waals surface area contributed by atoms with Gasteiger partial charge >= 0.3 is 0 Å². The number of amides is 1. The van der Waals surface area contributed by atoms with E-state index in [-0.39, 0.29) is 12.5 Å². The molecule has 0 aliphatic rings. The molecule has 0 saturated carbocycles. The van der Waals surface area contributed by atoms with Crippen LogP contribution in [0.15, 0.2) is 18.2 Å². The summed E-state index contributed by atoms with van der Waals surface area (Å²) < 4.78 is 0. The molecule has 0 aliphatic heterocycles. The van der Waals surface area contributed by atoms with Crippen LogP contribution in [0.1, 0.15) is 36.5 Å². The number of carbonyl (C=O) groups excluding carboxylic acids is 1. The molecule has 0 radical (unpaired) electrons. The molecule has 0 saturated heterocycles. The predicted molar refractivity (Wildman–Crippen MR) is 78.9 cm³/mol. The molecule has 3 nitrogen and oxygen atoms in total. The van der Waals surface area contributed by atoms with Gasteiger partial charge in [0.25, 0.3) is 5.91 Å². The van der Waals surface area contributed by atoms with Gasteiger partial charge in [-0.3, -0.25) is 4.79 Å². The quantitative estimate of drug-likeness (QED) is 0.809. The molecule has 0 bridgehead atoms. The van der Waals surface area contributed by atoms with Crippen LogP contribution in [0.25, 0.3) is 0 Å². The molecule has 0 aromatic heterocycles. The van der Waals surface area contributed by atoms with E-state index in [1.807, 2.05) is 0 Å². The van der Waals surface area contributed by atoms with Crippen LogP contribution >= 0.6 is 23.2 Å². The molecule has 19 heavy (non-hydrogen) atoms. The van der Waals surface area contributed by atoms with Gasteiger partial charge in [-0.05, 0) is 37.0 Å².